The zero-order valence-corrected chi connectivity index (χ0v) is 9.85. The number of furan rings is 1. The molecule has 4 heteroatoms. The SMILES string of the molecule is CCC(c1ccco1)N(C)CCCC(=O)O. The summed E-state index contributed by atoms with van der Waals surface area (Å²) in [6.45, 7) is 2.87. The Kier molecular flexibility index (Phi) is 5.05. The average Bonchev–Trinajstić information content (AvgIpc) is 2.71. The monoisotopic (exact) mass is 225 g/mol. The van der Waals surface area contributed by atoms with E-state index in [1.54, 1.807) is 6.26 Å². The molecule has 0 spiro atoms. The van der Waals surface area contributed by atoms with Crippen LogP contribution in [0.5, 0.6) is 0 Å². The van der Waals surface area contributed by atoms with Gasteiger partial charge in [0.05, 0.1) is 12.3 Å². The van der Waals surface area contributed by atoms with Crippen LogP contribution in [0.15, 0.2) is 22.8 Å². The van der Waals surface area contributed by atoms with Crippen LogP contribution in [-0.4, -0.2) is 29.6 Å². The predicted octanol–water partition coefficient (Wildman–Crippen LogP) is 2.53. The minimum atomic E-state index is -0.737. The first-order valence-corrected chi connectivity index (χ1v) is 5.60. The largest absolute Gasteiger partial charge is 0.481 e. The molecule has 1 heterocycles. The molecule has 1 unspecified atom stereocenters. The van der Waals surface area contributed by atoms with Gasteiger partial charge < -0.3 is 9.52 Å². The van der Waals surface area contributed by atoms with Crippen molar-refractivity contribution in [2.45, 2.75) is 32.2 Å². The molecule has 0 radical (unpaired) electrons. The molecule has 0 aliphatic carbocycles. The van der Waals surface area contributed by atoms with Gasteiger partial charge in [-0.25, -0.2) is 0 Å². The third kappa shape index (κ3) is 3.70. The highest BCUT2D eigenvalue weighted by Gasteiger charge is 2.17. The number of carbonyl (C=O) groups is 1. The molecule has 1 aromatic heterocycles. The van der Waals surface area contributed by atoms with Crippen molar-refractivity contribution in [2.75, 3.05) is 13.6 Å². The number of hydrogen-bond donors (Lipinski definition) is 1. The number of rotatable bonds is 7. The fraction of sp³-hybridized carbons (Fsp3) is 0.583. The molecule has 0 aliphatic heterocycles. The smallest absolute Gasteiger partial charge is 0.303 e. The molecule has 1 rings (SSSR count). The third-order valence-corrected chi connectivity index (χ3v) is 2.69. The van der Waals surface area contributed by atoms with E-state index >= 15 is 0 Å². The highest BCUT2D eigenvalue weighted by molar-refractivity contribution is 5.66. The lowest BCUT2D eigenvalue weighted by Crippen LogP contribution is -2.25. The van der Waals surface area contributed by atoms with Crippen LogP contribution in [0.4, 0.5) is 0 Å². The maximum Gasteiger partial charge on any atom is 0.303 e. The molecule has 1 atom stereocenters. The van der Waals surface area contributed by atoms with E-state index in [-0.39, 0.29) is 12.5 Å². The molecular formula is C12H19NO3. The van der Waals surface area contributed by atoms with Crippen LogP contribution in [-0.2, 0) is 4.79 Å². The molecule has 1 N–H and O–H groups in total. The first-order valence-electron chi connectivity index (χ1n) is 5.60. The Morgan fingerprint density at radius 3 is 2.88 bits per heavy atom. The summed E-state index contributed by atoms with van der Waals surface area (Å²) in [4.78, 5) is 12.6. The van der Waals surface area contributed by atoms with E-state index in [1.165, 1.54) is 0 Å². The predicted molar refractivity (Wildman–Crippen MR) is 61.2 cm³/mol. The van der Waals surface area contributed by atoms with Crippen LogP contribution < -0.4 is 0 Å². The molecule has 0 amide bonds. The fourth-order valence-electron chi connectivity index (χ4n) is 1.85. The van der Waals surface area contributed by atoms with Crippen molar-refractivity contribution in [2.24, 2.45) is 0 Å². The van der Waals surface area contributed by atoms with E-state index in [1.807, 2.05) is 19.2 Å². The lowest BCUT2D eigenvalue weighted by Gasteiger charge is -2.25. The molecular weight excluding hydrogens is 206 g/mol. The van der Waals surface area contributed by atoms with Gasteiger partial charge in [-0.05, 0) is 38.6 Å². The summed E-state index contributed by atoms with van der Waals surface area (Å²) >= 11 is 0. The minimum Gasteiger partial charge on any atom is -0.481 e. The van der Waals surface area contributed by atoms with E-state index in [4.69, 9.17) is 9.52 Å². The van der Waals surface area contributed by atoms with Gasteiger partial charge in [-0.2, -0.15) is 0 Å². The summed E-state index contributed by atoms with van der Waals surface area (Å²) in [5.41, 5.74) is 0. The lowest BCUT2D eigenvalue weighted by atomic mass is 10.1. The fourth-order valence-corrected chi connectivity index (χ4v) is 1.85. The summed E-state index contributed by atoms with van der Waals surface area (Å²) in [5, 5.41) is 8.57. The second-order valence-electron chi connectivity index (χ2n) is 3.92. The maximum atomic E-state index is 10.4. The summed E-state index contributed by atoms with van der Waals surface area (Å²) in [6.07, 6.45) is 3.52. The van der Waals surface area contributed by atoms with E-state index in [2.05, 4.69) is 11.8 Å². The van der Waals surface area contributed by atoms with Crippen LogP contribution in [0.25, 0.3) is 0 Å². The Hall–Kier alpha value is -1.29. The summed E-state index contributed by atoms with van der Waals surface area (Å²) < 4.78 is 5.38. The van der Waals surface area contributed by atoms with Crippen LogP contribution in [0.1, 0.15) is 38.0 Å². The minimum absolute atomic E-state index is 0.221. The molecule has 4 nitrogen and oxygen atoms in total. The van der Waals surface area contributed by atoms with Crippen LogP contribution >= 0.6 is 0 Å². The van der Waals surface area contributed by atoms with Gasteiger partial charge in [-0.1, -0.05) is 6.92 Å². The second kappa shape index (κ2) is 6.33. The second-order valence-corrected chi connectivity index (χ2v) is 3.92. The van der Waals surface area contributed by atoms with Crippen molar-refractivity contribution >= 4 is 5.97 Å². The molecule has 90 valence electrons. The maximum absolute atomic E-state index is 10.4. The highest BCUT2D eigenvalue weighted by Crippen LogP contribution is 2.23. The van der Waals surface area contributed by atoms with Gasteiger partial charge in [0, 0.05) is 6.42 Å². The van der Waals surface area contributed by atoms with Crippen molar-refractivity contribution in [3.63, 3.8) is 0 Å². The van der Waals surface area contributed by atoms with Gasteiger partial charge in [0.25, 0.3) is 0 Å². The van der Waals surface area contributed by atoms with Gasteiger partial charge >= 0.3 is 5.97 Å². The topological polar surface area (TPSA) is 53.7 Å². The number of aliphatic carboxylic acids is 1. The number of hydrogen-bond acceptors (Lipinski definition) is 3. The normalized spacial score (nSPS) is 12.9. The molecule has 0 aromatic carbocycles. The van der Waals surface area contributed by atoms with Crippen molar-refractivity contribution < 1.29 is 14.3 Å². The van der Waals surface area contributed by atoms with Crippen LogP contribution in [0, 0.1) is 0 Å². The van der Waals surface area contributed by atoms with Crippen LogP contribution in [0.3, 0.4) is 0 Å². The molecule has 0 bridgehead atoms. The zero-order chi connectivity index (χ0) is 12.0. The Bertz CT molecular complexity index is 308. The number of carboxylic acids is 1. The standard InChI is InChI=1S/C12H19NO3/c1-3-10(11-6-5-9-16-11)13(2)8-4-7-12(14)15/h5-6,9-10H,3-4,7-8H2,1-2H3,(H,14,15). The quantitative estimate of drug-likeness (QED) is 0.774. The molecule has 0 saturated heterocycles. The lowest BCUT2D eigenvalue weighted by molar-refractivity contribution is -0.137. The average molecular weight is 225 g/mol. The Morgan fingerprint density at radius 1 is 1.62 bits per heavy atom. The van der Waals surface area contributed by atoms with Crippen LogP contribution in [0.2, 0.25) is 0 Å². The first-order chi connectivity index (χ1) is 7.65. The Labute approximate surface area is 95.9 Å². The van der Waals surface area contributed by atoms with E-state index in [0.29, 0.717) is 6.42 Å². The molecule has 0 saturated carbocycles. The zero-order valence-electron chi connectivity index (χ0n) is 9.85. The highest BCUT2D eigenvalue weighted by atomic mass is 16.4. The molecule has 16 heavy (non-hydrogen) atoms. The van der Waals surface area contributed by atoms with Gasteiger partial charge in [0.15, 0.2) is 0 Å². The Balaban J connectivity index is 2.44. The molecule has 0 aliphatic rings. The molecule has 0 fully saturated rings. The van der Waals surface area contributed by atoms with Crippen molar-refractivity contribution in [3.05, 3.63) is 24.2 Å². The number of nitrogens with zero attached hydrogens (tertiary/aromatic N) is 1. The van der Waals surface area contributed by atoms with Crippen molar-refractivity contribution in [3.8, 4) is 0 Å². The van der Waals surface area contributed by atoms with Gasteiger partial charge in [0.1, 0.15) is 5.76 Å². The van der Waals surface area contributed by atoms with Gasteiger partial charge in [-0.3, -0.25) is 9.69 Å². The van der Waals surface area contributed by atoms with E-state index in [0.717, 1.165) is 18.7 Å². The number of carboxylic acid groups (broad SMARTS) is 1. The van der Waals surface area contributed by atoms with Crippen molar-refractivity contribution in [1.29, 1.82) is 0 Å². The summed E-state index contributed by atoms with van der Waals surface area (Å²) in [6, 6.07) is 4.08. The van der Waals surface area contributed by atoms with E-state index in [9.17, 15) is 4.79 Å². The third-order valence-electron chi connectivity index (χ3n) is 2.69. The summed E-state index contributed by atoms with van der Waals surface area (Å²) in [5.74, 6) is 0.208. The van der Waals surface area contributed by atoms with E-state index < -0.39 is 5.97 Å². The molecule has 1 aromatic rings. The van der Waals surface area contributed by atoms with Gasteiger partial charge in [0.2, 0.25) is 0 Å². The Morgan fingerprint density at radius 2 is 2.38 bits per heavy atom. The van der Waals surface area contributed by atoms with Crippen molar-refractivity contribution in [1.82, 2.24) is 4.90 Å². The summed E-state index contributed by atoms with van der Waals surface area (Å²) in [7, 11) is 2.00. The first kappa shape index (κ1) is 12.8. The van der Waals surface area contributed by atoms with Gasteiger partial charge in [-0.15, -0.1) is 0 Å².